The predicted molar refractivity (Wildman–Crippen MR) is 109 cm³/mol. The first-order valence-electron chi connectivity index (χ1n) is 10.5. The number of hydrogen-bond acceptors (Lipinski definition) is 5. The molecule has 2 fully saturated rings. The number of aryl methyl sites for hydroxylation is 1. The number of hydrogen-bond donors (Lipinski definition) is 3. The minimum absolute atomic E-state index is 0.0709. The lowest BCUT2D eigenvalue weighted by Gasteiger charge is -2.36. The molecule has 0 bridgehead atoms. The molecule has 1 aromatic carbocycles. The van der Waals surface area contributed by atoms with Gasteiger partial charge in [-0.25, -0.2) is 4.68 Å². The molecule has 8 heteroatoms. The molecular weight excluding hydrogens is 368 g/mol. The monoisotopic (exact) mass is 392 g/mol. The number of anilines is 3. The first-order valence-corrected chi connectivity index (χ1v) is 10.5. The number of rotatable bonds is 2. The lowest BCUT2D eigenvalue weighted by Crippen LogP contribution is -2.53. The standard InChI is InChI=1S/C21H24N6O2/c28-19(24-17-12-23-27-10-4-8-22-18(17)27)15-11-13-5-3-9-26(13)21(15)14-6-1-2-7-16(14)25-20(21)29/h1-2,6-7,12-13,15,22H,3-5,8-11H2,(H,24,28)(H,25,29)/t13-,15+,21+/m1/s1. The van der Waals surface area contributed by atoms with Crippen LogP contribution in [-0.4, -0.2) is 45.6 Å². The van der Waals surface area contributed by atoms with Gasteiger partial charge in [-0.3, -0.25) is 14.5 Å². The normalized spacial score (nSPS) is 29.9. The lowest BCUT2D eigenvalue weighted by molar-refractivity contribution is -0.135. The summed E-state index contributed by atoms with van der Waals surface area (Å²) in [4.78, 5) is 29.2. The van der Waals surface area contributed by atoms with E-state index in [4.69, 9.17) is 0 Å². The summed E-state index contributed by atoms with van der Waals surface area (Å²) in [5.41, 5.74) is 1.54. The number of nitrogens with one attached hydrogen (secondary N) is 3. The molecule has 3 atom stereocenters. The van der Waals surface area contributed by atoms with Crippen molar-refractivity contribution >= 4 is 29.0 Å². The highest BCUT2D eigenvalue weighted by molar-refractivity contribution is 6.11. The second-order valence-corrected chi connectivity index (χ2v) is 8.44. The molecule has 3 N–H and O–H groups in total. The zero-order valence-electron chi connectivity index (χ0n) is 16.1. The van der Waals surface area contributed by atoms with E-state index in [-0.39, 0.29) is 17.9 Å². The first kappa shape index (κ1) is 17.0. The molecular formula is C21H24N6O2. The van der Waals surface area contributed by atoms with E-state index in [0.717, 1.165) is 56.0 Å². The fraction of sp³-hybridized carbons (Fsp3) is 0.476. The Kier molecular flexibility index (Phi) is 3.56. The van der Waals surface area contributed by atoms with Crippen molar-refractivity contribution in [1.82, 2.24) is 14.7 Å². The minimum Gasteiger partial charge on any atom is -0.368 e. The number of carbonyl (C=O) groups excluding carboxylic acids is 2. The number of fused-ring (bicyclic) bond motifs is 5. The van der Waals surface area contributed by atoms with Crippen molar-refractivity contribution in [1.29, 1.82) is 0 Å². The highest BCUT2D eigenvalue weighted by atomic mass is 16.2. The average Bonchev–Trinajstić information content (AvgIpc) is 3.47. The number of nitrogens with zero attached hydrogens (tertiary/aromatic N) is 3. The summed E-state index contributed by atoms with van der Waals surface area (Å²) in [6.07, 6.45) is 5.52. The highest BCUT2D eigenvalue weighted by Crippen LogP contribution is 2.55. The summed E-state index contributed by atoms with van der Waals surface area (Å²) >= 11 is 0. The SMILES string of the molecule is O=C(Nc1cnn2c1NCCC2)[C@@H]1C[C@H]2CCCN2[C@]12C(=O)Nc1ccccc12. The second kappa shape index (κ2) is 6.06. The van der Waals surface area contributed by atoms with Crippen molar-refractivity contribution < 1.29 is 9.59 Å². The van der Waals surface area contributed by atoms with Gasteiger partial charge in [-0.15, -0.1) is 0 Å². The highest BCUT2D eigenvalue weighted by Gasteiger charge is 2.65. The fourth-order valence-electron chi connectivity index (χ4n) is 5.87. The Labute approximate surface area is 168 Å². The van der Waals surface area contributed by atoms with E-state index < -0.39 is 11.5 Å². The van der Waals surface area contributed by atoms with Crippen LogP contribution in [0, 0.1) is 5.92 Å². The number of benzene rings is 1. The van der Waals surface area contributed by atoms with Gasteiger partial charge in [-0.05, 0) is 38.3 Å². The summed E-state index contributed by atoms with van der Waals surface area (Å²) in [6.45, 7) is 2.56. The summed E-state index contributed by atoms with van der Waals surface area (Å²) in [6, 6.07) is 8.07. The van der Waals surface area contributed by atoms with Gasteiger partial charge >= 0.3 is 0 Å². The zero-order chi connectivity index (χ0) is 19.6. The van der Waals surface area contributed by atoms with Crippen LogP contribution in [0.2, 0.25) is 0 Å². The third kappa shape index (κ3) is 2.20. The summed E-state index contributed by atoms with van der Waals surface area (Å²) in [7, 11) is 0. The van der Waals surface area contributed by atoms with Gasteiger partial charge in [0.1, 0.15) is 17.0 Å². The molecule has 150 valence electrons. The van der Waals surface area contributed by atoms with E-state index in [1.807, 2.05) is 28.9 Å². The Balaban J connectivity index is 1.40. The van der Waals surface area contributed by atoms with E-state index in [1.165, 1.54) is 0 Å². The third-order valence-corrected chi connectivity index (χ3v) is 7.03. The Morgan fingerprint density at radius 1 is 1.24 bits per heavy atom. The number of carbonyl (C=O) groups is 2. The summed E-state index contributed by atoms with van der Waals surface area (Å²) in [5.74, 6) is 0.247. The first-order chi connectivity index (χ1) is 14.2. The molecule has 1 spiro atoms. The van der Waals surface area contributed by atoms with Crippen LogP contribution in [0.25, 0.3) is 0 Å². The summed E-state index contributed by atoms with van der Waals surface area (Å²) < 4.78 is 1.89. The summed E-state index contributed by atoms with van der Waals surface area (Å²) in [5, 5.41) is 13.9. The van der Waals surface area contributed by atoms with Crippen molar-refractivity contribution in [3.63, 3.8) is 0 Å². The van der Waals surface area contributed by atoms with E-state index in [9.17, 15) is 9.59 Å². The van der Waals surface area contributed by atoms with Crippen LogP contribution in [0.15, 0.2) is 30.5 Å². The van der Waals surface area contributed by atoms with Gasteiger partial charge in [0.15, 0.2) is 0 Å². The van der Waals surface area contributed by atoms with Crippen LogP contribution in [0.1, 0.15) is 31.2 Å². The molecule has 4 aliphatic rings. The molecule has 2 amide bonds. The molecule has 2 saturated heterocycles. The largest absolute Gasteiger partial charge is 0.368 e. The Morgan fingerprint density at radius 3 is 3.07 bits per heavy atom. The van der Waals surface area contributed by atoms with Crippen LogP contribution in [-0.2, 0) is 21.7 Å². The Hall–Kier alpha value is -2.87. The molecule has 0 radical (unpaired) electrons. The topological polar surface area (TPSA) is 91.3 Å². The van der Waals surface area contributed by atoms with Crippen LogP contribution >= 0.6 is 0 Å². The molecule has 6 rings (SSSR count). The predicted octanol–water partition coefficient (Wildman–Crippen LogP) is 1.97. The number of aromatic nitrogens is 2. The third-order valence-electron chi connectivity index (χ3n) is 7.03. The quantitative estimate of drug-likeness (QED) is 0.727. The molecule has 0 aliphatic carbocycles. The van der Waals surface area contributed by atoms with E-state index in [0.29, 0.717) is 12.1 Å². The van der Waals surface area contributed by atoms with Gasteiger partial charge in [-0.2, -0.15) is 5.10 Å². The fourth-order valence-corrected chi connectivity index (χ4v) is 5.87. The van der Waals surface area contributed by atoms with E-state index in [1.54, 1.807) is 6.20 Å². The van der Waals surface area contributed by atoms with Gasteiger partial charge in [-0.1, -0.05) is 18.2 Å². The van der Waals surface area contributed by atoms with Gasteiger partial charge in [0, 0.05) is 30.4 Å². The van der Waals surface area contributed by atoms with Crippen LogP contribution in [0.4, 0.5) is 17.2 Å². The Morgan fingerprint density at radius 2 is 2.14 bits per heavy atom. The molecule has 0 unspecified atom stereocenters. The van der Waals surface area contributed by atoms with Crippen LogP contribution in [0.5, 0.6) is 0 Å². The smallest absolute Gasteiger partial charge is 0.250 e. The molecule has 0 saturated carbocycles. The minimum atomic E-state index is -0.914. The molecule has 4 aliphatic heterocycles. The van der Waals surface area contributed by atoms with Gasteiger partial charge in [0.2, 0.25) is 11.8 Å². The van der Waals surface area contributed by atoms with Crippen LogP contribution < -0.4 is 16.0 Å². The molecule has 8 nitrogen and oxygen atoms in total. The van der Waals surface area contributed by atoms with Crippen molar-refractivity contribution in [3.05, 3.63) is 36.0 Å². The lowest BCUT2D eigenvalue weighted by atomic mass is 9.78. The van der Waals surface area contributed by atoms with Gasteiger partial charge < -0.3 is 16.0 Å². The average molecular weight is 392 g/mol. The molecule has 1 aromatic heterocycles. The van der Waals surface area contributed by atoms with Crippen molar-refractivity contribution in [3.8, 4) is 0 Å². The molecule has 29 heavy (non-hydrogen) atoms. The van der Waals surface area contributed by atoms with E-state index >= 15 is 0 Å². The van der Waals surface area contributed by atoms with Crippen molar-refractivity contribution in [2.24, 2.45) is 5.92 Å². The van der Waals surface area contributed by atoms with Gasteiger partial charge in [0.05, 0.1) is 12.1 Å². The van der Waals surface area contributed by atoms with E-state index in [2.05, 4.69) is 25.9 Å². The van der Waals surface area contributed by atoms with Crippen molar-refractivity contribution in [2.45, 2.75) is 43.8 Å². The maximum Gasteiger partial charge on any atom is 0.250 e. The van der Waals surface area contributed by atoms with Gasteiger partial charge in [0.25, 0.3) is 0 Å². The van der Waals surface area contributed by atoms with Crippen molar-refractivity contribution in [2.75, 3.05) is 29.0 Å². The molecule has 5 heterocycles. The van der Waals surface area contributed by atoms with Crippen LogP contribution in [0.3, 0.4) is 0 Å². The Bertz CT molecular complexity index is 1020. The maximum atomic E-state index is 13.6. The zero-order valence-corrected chi connectivity index (χ0v) is 16.1. The number of amides is 2. The molecule has 2 aromatic rings. The second-order valence-electron chi connectivity index (χ2n) is 8.44. The number of para-hydroxylation sites is 1. The maximum absolute atomic E-state index is 13.6.